The maximum atomic E-state index is 11.5. The summed E-state index contributed by atoms with van der Waals surface area (Å²) in [4.78, 5) is 0. The SMILES string of the molecule is CC(C)CCCC(C)C1CCC2C3CCC4CC(O)(C(C)(C)C)CCC4(C)C3CCC12C. The van der Waals surface area contributed by atoms with Crippen molar-refractivity contribution in [3.8, 4) is 0 Å². The highest BCUT2D eigenvalue weighted by Crippen LogP contribution is 2.69. The van der Waals surface area contributed by atoms with Crippen molar-refractivity contribution in [2.45, 2.75) is 138 Å². The fourth-order valence-electron chi connectivity index (χ4n) is 9.95. The molecule has 0 bridgehead atoms. The Labute approximate surface area is 200 Å². The molecule has 0 radical (unpaired) electrons. The van der Waals surface area contributed by atoms with Gasteiger partial charge in [0.15, 0.2) is 0 Å². The number of hydrogen-bond donors (Lipinski definition) is 1. The van der Waals surface area contributed by atoms with E-state index in [0.717, 1.165) is 54.3 Å². The smallest absolute Gasteiger partial charge is 0.0698 e. The van der Waals surface area contributed by atoms with Crippen molar-refractivity contribution >= 4 is 0 Å². The predicted molar refractivity (Wildman–Crippen MR) is 137 cm³/mol. The first-order chi connectivity index (χ1) is 14.8. The van der Waals surface area contributed by atoms with Crippen molar-refractivity contribution < 1.29 is 5.11 Å². The van der Waals surface area contributed by atoms with Gasteiger partial charge in [0.1, 0.15) is 0 Å². The summed E-state index contributed by atoms with van der Waals surface area (Å²) in [6.45, 7) is 19.5. The van der Waals surface area contributed by atoms with Crippen molar-refractivity contribution in [1.29, 1.82) is 0 Å². The van der Waals surface area contributed by atoms with Crippen LogP contribution in [0, 0.1) is 57.7 Å². The molecule has 9 unspecified atom stereocenters. The van der Waals surface area contributed by atoms with Gasteiger partial charge < -0.3 is 5.11 Å². The Morgan fingerprint density at radius 2 is 1.50 bits per heavy atom. The third-order valence-corrected chi connectivity index (χ3v) is 12.3. The van der Waals surface area contributed by atoms with Gasteiger partial charge in [-0.1, -0.05) is 74.7 Å². The standard InChI is InChI=1S/C31H56O/c1-21(2)10-9-11-22(3)25-14-15-26-24-13-12-23-20-31(32,28(4,5)6)19-18-29(23,7)27(24)16-17-30(25,26)8/h21-27,32H,9-20H2,1-8H3. The van der Waals surface area contributed by atoms with Gasteiger partial charge in [0, 0.05) is 0 Å². The van der Waals surface area contributed by atoms with Crippen LogP contribution in [0.2, 0.25) is 0 Å². The largest absolute Gasteiger partial charge is 0.389 e. The van der Waals surface area contributed by atoms with Crippen LogP contribution < -0.4 is 0 Å². The first-order valence-electron chi connectivity index (χ1n) is 14.5. The van der Waals surface area contributed by atoms with Crippen molar-refractivity contribution in [2.24, 2.45) is 57.7 Å². The van der Waals surface area contributed by atoms with E-state index < -0.39 is 5.60 Å². The molecule has 186 valence electrons. The van der Waals surface area contributed by atoms with Crippen LogP contribution >= 0.6 is 0 Å². The van der Waals surface area contributed by atoms with Crippen molar-refractivity contribution in [1.82, 2.24) is 0 Å². The normalized spacial score (nSPS) is 47.6. The molecular formula is C31H56O. The molecule has 0 amide bonds. The summed E-state index contributed by atoms with van der Waals surface area (Å²) >= 11 is 0. The van der Waals surface area contributed by atoms with Gasteiger partial charge >= 0.3 is 0 Å². The van der Waals surface area contributed by atoms with Gasteiger partial charge in [0.2, 0.25) is 0 Å². The fourth-order valence-corrected chi connectivity index (χ4v) is 9.95. The summed E-state index contributed by atoms with van der Waals surface area (Å²) in [6, 6.07) is 0. The van der Waals surface area contributed by atoms with E-state index in [0.29, 0.717) is 10.8 Å². The summed E-state index contributed by atoms with van der Waals surface area (Å²) in [5.41, 5.74) is 0.614. The molecule has 0 saturated heterocycles. The third kappa shape index (κ3) is 4.03. The average Bonchev–Trinajstić information content (AvgIpc) is 3.04. The average molecular weight is 445 g/mol. The lowest BCUT2D eigenvalue weighted by molar-refractivity contribution is -0.178. The zero-order chi connectivity index (χ0) is 23.5. The Hall–Kier alpha value is -0.0400. The van der Waals surface area contributed by atoms with Gasteiger partial charge in [0.05, 0.1) is 5.60 Å². The molecule has 4 rings (SSSR count). The highest BCUT2D eigenvalue weighted by molar-refractivity contribution is 5.12. The molecule has 9 atom stereocenters. The van der Waals surface area contributed by atoms with Gasteiger partial charge in [-0.3, -0.25) is 0 Å². The molecule has 1 N–H and O–H groups in total. The quantitative estimate of drug-likeness (QED) is 0.449. The second kappa shape index (κ2) is 8.57. The van der Waals surface area contributed by atoms with Gasteiger partial charge in [0.25, 0.3) is 0 Å². The maximum absolute atomic E-state index is 11.5. The lowest BCUT2D eigenvalue weighted by atomic mass is 9.42. The fraction of sp³-hybridized carbons (Fsp3) is 1.00. The van der Waals surface area contributed by atoms with Crippen LogP contribution in [0.3, 0.4) is 0 Å². The summed E-state index contributed by atoms with van der Waals surface area (Å²) < 4.78 is 0. The van der Waals surface area contributed by atoms with E-state index >= 15 is 0 Å². The van der Waals surface area contributed by atoms with Gasteiger partial charge in [-0.15, -0.1) is 0 Å². The number of hydrogen-bond acceptors (Lipinski definition) is 1. The van der Waals surface area contributed by atoms with Gasteiger partial charge in [-0.05, 0) is 115 Å². The molecule has 1 nitrogen and oxygen atoms in total. The molecular weight excluding hydrogens is 388 g/mol. The zero-order valence-corrected chi connectivity index (χ0v) is 23.0. The van der Waals surface area contributed by atoms with Gasteiger partial charge in [-0.25, -0.2) is 0 Å². The first-order valence-corrected chi connectivity index (χ1v) is 14.5. The molecule has 0 heterocycles. The minimum Gasteiger partial charge on any atom is -0.389 e. The molecule has 0 aromatic heterocycles. The molecule has 4 fully saturated rings. The van der Waals surface area contributed by atoms with Crippen LogP contribution in [0.5, 0.6) is 0 Å². The summed E-state index contributed by atoms with van der Waals surface area (Å²) in [5.74, 6) is 6.31. The maximum Gasteiger partial charge on any atom is 0.0698 e. The number of rotatable bonds is 5. The minimum absolute atomic E-state index is 0.000692. The van der Waals surface area contributed by atoms with Gasteiger partial charge in [-0.2, -0.15) is 0 Å². The van der Waals surface area contributed by atoms with Crippen molar-refractivity contribution in [2.75, 3.05) is 0 Å². The lowest BCUT2D eigenvalue weighted by Gasteiger charge is -2.63. The van der Waals surface area contributed by atoms with Crippen molar-refractivity contribution in [3.63, 3.8) is 0 Å². The monoisotopic (exact) mass is 444 g/mol. The van der Waals surface area contributed by atoms with E-state index in [2.05, 4.69) is 55.4 Å². The van der Waals surface area contributed by atoms with E-state index in [-0.39, 0.29) is 5.41 Å². The summed E-state index contributed by atoms with van der Waals surface area (Å²) in [5, 5.41) is 11.5. The highest BCUT2D eigenvalue weighted by atomic mass is 16.3. The highest BCUT2D eigenvalue weighted by Gasteiger charge is 2.62. The molecule has 0 aliphatic heterocycles. The van der Waals surface area contributed by atoms with Crippen LogP contribution in [-0.4, -0.2) is 10.7 Å². The van der Waals surface area contributed by atoms with Crippen molar-refractivity contribution in [3.05, 3.63) is 0 Å². The van der Waals surface area contributed by atoms with Crippen LogP contribution in [0.4, 0.5) is 0 Å². The van der Waals surface area contributed by atoms with Crippen LogP contribution in [-0.2, 0) is 0 Å². The first kappa shape index (κ1) is 25.1. The molecule has 32 heavy (non-hydrogen) atoms. The van der Waals surface area contributed by atoms with E-state index in [9.17, 15) is 5.11 Å². The molecule has 4 aliphatic carbocycles. The van der Waals surface area contributed by atoms with E-state index in [4.69, 9.17) is 0 Å². The Bertz CT molecular complexity index is 660. The molecule has 4 saturated carbocycles. The summed E-state index contributed by atoms with van der Waals surface area (Å²) in [6.07, 6.45) is 16.4. The Balaban J connectivity index is 1.47. The molecule has 1 heteroatoms. The Kier molecular flexibility index (Phi) is 6.71. The molecule has 4 aliphatic rings. The second-order valence-electron chi connectivity index (χ2n) is 15.2. The molecule has 0 aromatic carbocycles. The Morgan fingerprint density at radius 1 is 0.812 bits per heavy atom. The lowest BCUT2D eigenvalue weighted by Crippen LogP contribution is -2.58. The number of fused-ring (bicyclic) bond motifs is 5. The second-order valence-corrected chi connectivity index (χ2v) is 15.2. The minimum atomic E-state index is -0.461. The van der Waals surface area contributed by atoms with Crippen LogP contribution in [0.1, 0.15) is 132 Å². The van der Waals surface area contributed by atoms with E-state index in [1.165, 1.54) is 64.2 Å². The topological polar surface area (TPSA) is 20.2 Å². The van der Waals surface area contributed by atoms with E-state index in [1.54, 1.807) is 0 Å². The molecule has 0 spiro atoms. The summed E-state index contributed by atoms with van der Waals surface area (Å²) in [7, 11) is 0. The molecule has 0 aromatic rings. The third-order valence-electron chi connectivity index (χ3n) is 12.3. The zero-order valence-electron chi connectivity index (χ0n) is 23.0. The predicted octanol–water partition coefficient (Wildman–Crippen LogP) is 8.88. The van der Waals surface area contributed by atoms with Crippen LogP contribution in [0.25, 0.3) is 0 Å². The van der Waals surface area contributed by atoms with Crippen LogP contribution in [0.15, 0.2) is 0 Å². The number of aliphatic hydroxyl groups is 1. The van der Waals surface area contributed by atoms with E-state index in [1.807, 2.05) is 0 Å². The Morgan fingerprint density at radius 3 is 2.16 bits per heavy atom.